The van der Waals surface area contributed by atoms with Crippen molar-refractivity contribution in [2.75, 3.05) is 19.0 Å². The Labute approximate surface area is 181 Å². The molecule has 0 aromatic heterocycles. The molecule has 6 nitrogen and oxygen atoms in total. The van der Waals surface area contributed by atoms with Crippen LogP contribution in [-0.2, 0) is 22.4 Å². The predicted octanol–water partition coefficient (Wildman–Crippen LogP) is 3.63. The highest BCUT2D eigenvalue weighted by molar-refractivity contribution is 6.05. The summed E-state index contributed by atoms with van der Waals surface area (Å²) in [5.74, 6) is -1.12. The highest BCUT2D eigenvalue weighted by Crippen LogP contribution is 2.16. The molecule has 0 radical (unpaired) electrons. The lowest BCUT2D eigenvalue weighted by Crippen LogP contribution is -2.30. The predicted molar refractivity (Wildman–Crippen MR) is 119 cm³/mol. The molecule has 0 saturated heterocycles. The number of hydrogen-bond donors (Lipinski definition) is 2. The first-order chi connectivity index (χ1) is 15.1. The molecule has 2 N–H and O–H groups in total. The molecule has 31 heavy (non-hydrogen) atoms. The van der Waals surface area contributed by atoms with Crippen molar-refractivity contribution in [3.63, 3.8) is 0 Å². The number of carbonyl (C=O) groups excluding carboxylic acids is 3. The summed E-state index contributed by atoms with van der Waals surface area (Å²) in [5, 5.41) is 5.35. The standard InChI is InChI=1S/C25H24N2O4/c1-31-23(28)17-26-24(29)20-13-15-21(16-14-20)27-25(30)22-10-6-5-9-19(22)12-11-18-7-3-2-4-8-18/h2-10,13-16H,11-12,17H2,1H3,(H,26,29)(H,27,30). The molecular formula is C25H24N2O4. The molecule has 0 aliphatic carbocycles. The Morgan fingerprint density at radius 2 is 1.45 bits per heavy atom. The molecule has 0 spiro atoms. The first-order valence-corrected chi connectivity index (χ1v) is 9.95. The van der Waals surface area contributed by atoms with Gasteiger partial charge in [-0.15, -0.1) is 0 Å². The quantitative estimate of drug-likeness (QED) is 0.549. The maximum Gasteiger partial charge on any atom is 0.325 e. The fraction of sp³-hybridized carbons (Fsp3) is 0.160. The third kappa shape index (κ3) is 6.27. The number of anilines is 1. The van der Waals surface area contributed by atoms with Gasteiger partial charge in [0.1, 0.15) is 6.54 Å². The Bertz CT molecular complexity index is 1050. The zero-order valence-electron chi connectivity index (χ0n) is 17.3. The summed E-state index contributed by atoms with van der Waals surface area (Å²) in [6.45, 7) is -0.201. The van der Waals surface area contributed by atoms with Crippen molar-refractivity contribution < 1.29 is 19.1 Å². The molecule has 0 unspecified atom stereocenters. The minimum absolute atomic E-state index is 0.201. The van der Waals surface area contributed by atoms with Gasteiger partial charge in [-0.25, -0.2) is 0 Å². The smallest absolute Gasteiger partial charge is 0.325 e. The first-order valence-electron chi connectivity index (χ1n) is 9.95. The van der Waals surface area contributed by atoms with Gasteiger partial charge in [0.15, 0.2) is 0 Å². The van der Waals surface area contributed by atoms with E-state index in [9.17, 15) is 14.4 Å². The van der Waals surface area contributed by atoms with Gasteiger partial charge in [0.25, 0.3) is 11.8 Å². The van der Waals surface area contributed by atoms with Crippen molar-refractivity contribution in [3.8, 4) is 0 Å². The number of esters is 1. The average Bonchev–Trinajstić information content (AvgIpc) is 2.82. The zero-order chi connectivity index (χ0) is 22.1. The van der Waals surface area contributed by atoms with E-state index in [0.29, 0.717) is 16.8 Å². The molecule has 3 aromatic rings. The number of nitrogens with one attached hydrogen (secondary N) is 2. The molecule has 3 aromatic carbocycles. The maximum absolute atomic E-state index is 12.8. The Morgan fingerprint density at radius 3 is 2.16 bits per heavy atom. The number of aryl methyl sites for hydroxylation is 2. The lowest BCUT2D eigenvalue weighted by atomic mass is 9.99. The summed E-state index contributed by atoms with van der Waals surface area (Å²) in [6, 6.07) is 24.2. The van der Waals surface area contributed by atoms with Gasteiger partial charge in [-0.2, -0.15) is 0 Å². The normalized spacial score (nSPS) is 10.2. The lowest BCUT2D eigenvalue weighted by molar-refractivity contribution is -0.139. The summed E-state index contributed by atoms with van der Waals surface area (Å²) in [6.07, 6.45) is 1.60. The van der Waals surface area contributed by atoms with Gasteiger partial charge < -0.3 is 15.4 Å². The minimum Gasteiger partial charge on any atom is -0.468 e. The molecule has 3 rings (SSSR count). The molecule has 0 atom stereocenters. The first kappa shape index (κ1) is 21.8. The molecule has 0 fully saturated rings. The summed E-state index contributed by atoms with van der Waals surface area (Å²) in [7, 11) is 1.26. The second kappa shape index (κ2) is 10.7. The van der Waals surface area contributed by atoms with Crippen LogP contribution in [0.4, 0.5) is 5.69 Å². The van der Waals surface area contributed by atoms with E-state index in [2.05, 4.69) is 27.5 Å². The number of carbonyl (C=O) groups is 3. The number of hydrogen-bond acceptors (Lipinski definition) is 4. The molecule has 0 saturated carbocycles. The SMILES string of the molecule is COC(=O)CNC(=O)c1ccc(NC(=O)c2ccccc2CCc2ccccc2)cc1. The summed E-state index contributed by atoms with van der Waals surface area (Å²) in [4.78, 5) is 36.0. The molecular weight excluding hydrogens is 392 g/mol. The zero-order valence-corrected chi connectivity index (χ0v) is 17.3. The van der Waals surface area contributed by atoms with E-state index in [1.165, 1.54) is 12.7 Å². The van der Waals surface area contributed by atoms with Gasteiger partial charge >= 0.3 is 5.97 Å². The van der Waals surface area contributed by atoms with Crippen LogP contribution < -0.4 is 10.6 Å². The fourth-order valence-electron chi connectivity index (χ4n) is 3.11. The lowest BCUT2D eigenvalue weighted by Gasteiger charge is -2.11. The van der Waals surface area contributed by atoms with Crippen LogP contribution in [0.3, 0.4) is 0 Å². The van der Waals surface area contributed by atoms with Gasteiger partial charge in [-0.3, -0.25) is 14.4 Å². The van der Waals surface area contributed by atoms with Crippen molar-refractivity contribution in [1.82, 2.24) is 5.32 Å². The summed E-state index contributed by atoms with van der Waals surface area (Å²) in [5.41, 5.74) is 3.78. The van der Waals surface area contributed by atoms with Gasteiger partial charge in [0, 0.05) is 16.8 Å². The Hall–Kier alpha value is -3.93. The van der Waals surface area contributed by atoms with Crippen molar-refractivity contribution in [2.24, 2.45) is 0 Å². The molecule has 6 heteroatoms. The van der Waals surface area contributed by atoms with Crippen LogP contribution in [0.15, 0.2) is 78.9 Å². The van der Waals surface area contributed by atoms with Gasteiger partial charge in [-0.1, -0.05) is 48.5 Å². The molecule has 0 aliphatic heterocycles. The second-order valence-electron chi connectivity index (χ2n) is 6.93. The van der Waals surface area contributed by atoms with E-state index in [1.807, 2.05) is 42.5 Å². The van der Waals surface area contributed by atoms with Crippen LogP contribution >= 0.6 is 0 Å². The molecule has 2 amide bonds. The van der Waals surface area contributed by atoms with Crippen LogP contribution in [0.2, 0.25) is 0 Å². The number of rotatable bonds is 8. The largest absolute Gasteiger partial charge is 0.468 e. The number of benzene rings is 3. The van der Waals surface area contributed by atoms with Crippen LogP contribution in [-0.4, -0.2) is 31.4 Å². The van der Waals surface area contributed by atoms with Crippen molar-refractivity contribution in [1.29, 1.82) is 0 Å². The summed E-state index contributed by atoms with van der Waals surface area (Å²) >= 11 is 0. The molecule has 0 heterocycles. The maximum atomic E-state index is 12.8. The van der Waals surface area contributed by atoms with E-state index in [4.69, 9.17) is 0 Å². The number of ether oxygens (including phenoxy) is 1. The highest BCUT2D eigenvalue weighted by atomic mass is 16.5. The van der Waals surface area contributed by atoms with Crippen LogP contribution in [0.1, 0.15) is 31.8 Å². The number of methoxy groups -OCH3 is 1. The molecule has 158 valence electrons. The van der Waals surface area contributed by atoms with Crippen molar-refractivity contribution in [2.45, 2.75) is 12.8 Å². The van der Waals surface area contributed by atoms with Crippen LogP contribution in [0, 0.1) is 0 Å². The van der Waals surface area contributed by atoms with E-state index < -0.39 is 11.9 Å². The summed E-state index contributed by atoms with van der Waals surface area (Å²) < 4.78 is 4.49. The van der Waals surface area contributed by atoms with Gasteiger partial charge in [0.05, 0.1) is 7.11 Å². The fourth-order valence-corrected chi connectivity index (χ4v) is 3.11. The highest BCUT2D eigenvalue weighted by Gasteiger charge is 2.12. The van der Waals surface area contributed by atoms with E-state index in [0.717, 1.165) is 18.4 Å². The third-order valence-corrected chi connectivity index (χ3v) is 4.81. The monoisotopic (exact) mass is 416 g/mol. The van der Waals surface area contributed by atoms with Crippen molar-refractivity contribution in [3.05, 3.63) is 101 Å². The Balaban J connectivity index is 1.62. The van der Waals surface area contributed by atoms with E-state index in [1.54, 1.807) is 24.3 Å². The Morgan fingerprint density at radius 1 is 0.774 bits per heavy atom. The number of amides is 2. The Kier molecular flexibility index (Phi) is 7.54. The van der Waals surface area contributed by atoms with E-state index >= 15 is 0 Å². The van der Waals surface area contributed by atoms with Crippen LogP contribution in [0.25, 0.3) is 0 Å². The minimum atomic E-state index is -0.525. The van der Waals surface area contributed by atoms with Crippen molar-refractivity contribution >= 4 is 23.5 Å². The van der Waals surface area contributed by atoms with Gasteiger partial charge in [-0.05, 0) is 54.3 Å². The molecule has 0 aliphatic rings. The van der Waals surface area contributed by atoms with Gasteiger partial charge in [0.2, 0.25) is 0 Å². The average molecular weight is 416 g/mol. The second-order valence-corrected chi connectivity index (χ2v) is 6.93. The third-order valence-electron chi connectivity index (χ3n) is 4.81. The van der Waals surface area contributed by atoms with E-state index in [-0.39, 0.29) is 12.5 Å². The molecule has 0 bridgehead atoms. The van der Waals surface area contributed by atoms with Crippen LogP contribution in [0.5, 0.6) is 0 Å². The topological polar surface area (TPSA) is 84.5 Å².